The first-order valence-corrected chi connectivity index (χ1v) is 13.8. The Morgan fingerprint density at radius 2 is 1.86 bits per heavy atom. The third-order valence-corrected chi connectivity index (χ3v) is 9.08. The minimum Gasteiger partial charge on any atom is -0.376 e. The predicted octanol–water partition coefficient (Wildman–Crippen LogP) is 3.02. The van der Waals surface area contributed by atoms with Gasteiger partial charge in [0.05, 0.1) is 24.0 Å². The Bertz CT molecular complexity index is 1120. The number of benzene rings is 1. The molecule has 0 unspecified atom stereocenters. The molecule has 4 aliphatic heterocycles. The summed E-state index contributed by atoms with van der Waals surface area (Å²) in [6.07, 6.45) is 10.2. The quantitative estimate of drug-likeness (QED) is 0.577. The molecule has 8 heteroatoms. The average Bonchev–Trinajstić information content (AvgIpc) is 3.65. The van der Waals surface area contributed by atoms with Crippen LogP contribution in [0.15, 0.2) is 30.4 Å². The molecule has 4 heterocycles. The van der Waals surface area contributed by atoms with Crippen molar-refractivity contribution in [2.75, 3.05) is 18.5 Å². The second kappa shape index (κ2) is 9.55. The number of nitrogens with one attached hydrogen (secondary N) is 2. The van der Waals surface area contributed by atoms with Crippen molar-refractivity contribution in [3.63, 3.8) is 0 Å². The summed E-state index contributed by atoms with van der Waals surface area (Å²) in [5, 5.41) is 6.25. The van der Waals surface area contributed by atoms with E-state index in [1.165, 1.54) is 6.42 Å². The van der Waals surface area contributed by atoms with Crippen LogP contribution in [-0.4, -0.2) is 65.7 Å². The molecule has 198 valence electrons. The number of aryl methyl sites for hydroxylation is 2. The zero-order valence-electron chi connectivity index (χ0n) is 21.7. The van der Waals surface area contributed by atoms with Crippen LogP contribution in [0.5, 0.6) is 0 Å². The fraction of sp³-hybridized carbons (Fsp3) is 0.621. The highest BCUT2D eigenvalue weighted by molar-refractivity contribution is 6.02. The molecule has 6 rings (SSSR count). The lowest BCUT2D eigenvalue weighted by Gasteiger charge is -2.34. The monoisotopic (exact) mass is 507 g/mol. The number of likely N-dealkylation sites (tertiary alicyclic amines) is 1. The Labute approximate surface area is 218 Å². The smallest absolute Gasteiger partial charge is 0.246 e. The fourth-order valence-electron chi connectivity index (χ4n) is 7.04. The first kappa shape index (κ1) is 24.6. The summed E-state index contributed by atoms with van der Waals surface area (Å²) >= 11 is 0. The van der Waals surface area contributed by atoms with Gasteiger partial charge in [-0.05, 0) is 62.8 Å². The molecule has 1 aromatic carbocycles. The lowest BCUT2D eigenvalue weighted by molar-refractivity contribution is -0.143. The van der Waals surface area contributed by atoms with Gasteiger partial charge in [0, 0.05) is 24.9 Å². The summed E-state index contributed by atoms with van der Waals surface area (Å²) < 4.78 is 12.3. The number of carbonyl (C=O) groups is 3. The molecule has 1 aliphatic carbocycles. The minimum absolute atomic E-state index is 0.104. The molecule has 1 saturated carbocycles. The first-order valence-electron chi connectivity index (χ1n) is 13.8. The van der Waals surface area contributed by atoms with Gasteiger partial charge in [-0.25, -0.2) is 0 Å². The van der Waals surface area contributed by atoms with Crippen LogP contribution < -0.4 is 10.6 Å². The second-order valence-corrected chi connectivity index (χ2v) is 11.5. The molecule has 4 fully saturated rings. The summed E-state index contributed by atoms with van der Waals surface area (Å²) in [6.45, 7) is 5.03. The van der Waals surface area contributed by atoms with E-state index in [0.717, 1.165) is 49.7 Å². The molecule has 3 amide bonds. The molecule has 0 aromatic heterocycles. The third kappa shape index (κ3) is 4.18. The third-order valence-electron chi connectivity index (χ3n) is 9.08. The molecule has 37 heavy (non-hydrogen) atoms. The SMILES string of the molecule is Cc1ccc(NC(=O)[C@H]2[C@H]3C=C[C@@]4(O3)[C@H]2C(=O)N(C[C@H]2CCCO2)[C@@H]4C(=O)NC2CCCCC2)cc1C. The standard InChI is InChI=1S/C29H37N3O5/c1-17-10-11-20(15-18(17)2)31-26(33)23-22-12-13-29(37-22)24(23)28(35)32(16-21-9-6-14-36-21)25(29)27(34)30-19-7-4-3-5-8-19/h10-13,15,19,21-25H,3-9,14,16H2,1-2H3,(H,30,34)(H,31,33)/t21-,22-,23+,24-,25-,29-/m1/s1. The molecule has 3 saturated heterocycles. The largest absolute Gasteiger partial charge is 0.376 e. The lowest BCUT2D eigenvalue weighted by atomic mass is 9.74. The number of amides is 3. The Morgan fingerprint density at radius 3 is 2.59 bits per heavy atom. The number of fused-ring (bicyclic) bond motifs is 1. The molecule has 8 nitrogen and oxygen atoms in total. The number of hydrogen-bond acceptors (Lipinski definition) is 5. The van der Waals surface area contributed by atoms with Crippen LogP contribution in [0.2, 0.25) is 0 Å². The Morgan fingerprint density at radius 1 is 1.05 bits per heavy atom. The van der Waals surface area contributed by atoms with Crippen LogP contribution in [0.3, 0.4) is 0 Å². The minimum atomic E-state index is -1.13. The Hall–Kier alpha value is -2.71. The van der Waals surface area contributed by atoms with Gasteiger partial charge in [0.25, 0.3) is 0 Å². The lowest BCUT2D eigenvalue weighted by Crippen LogP contribution is -2.57. The van der Waals surface area contributed by atoms with Crippen LogP contribution in [0.4, 0.5) is 5.69 Å². The molecule has 1 aromatic rings. The zero-order chi connectivity index (χ0) is 25.7. The summed E-state index contributed by atoms with van der Waals surface area (Å²) in [4.78, 5) is 43.1. The van der Waals surface area contributed by atoms with Gasteiger partial charge in [-0.1, -0.05) is 37.5 Å². The van der Waals surface area contributed by atoms with Crippen LogP contribution in [0.1, 0.15) is 56.1 Å². The van der Waals surface area contributed by atoms with Gasteiger partial charge < -0.3 is 25.0 Å². The van der Waals surface area contributed by atoms with Gasteiger partial charge in [0.15, 0.2) is 0 Å². The van der Waals surface area contributed by atoms with Gasteiger partial charge in [-0.15, -0.1) is 0 Å². The molecule has 2 bridgehead atoms. The highest BCUT2D eigenvalue weighted by Crippen LogP contribution is 2.55. The summed E-state index contributed by atoms with van der Waals surface area (Å²) in [5.74, 6) is -2.05. The number of nitrogens with zero attached hydrogens (tertiary/aromatic N) is 1. The van der Waals surface area contributed by atoms with E-state index >= 15 is 0 Å². The van der Waals surface area contributed by atoms with Crippen molar-refractivity contribution in [1.29, 1.82) is 0 Å². The Balaban J connectivity index is 1.29. The highest BCUT2D eigenvalue weighted by atomic mass is 16.5. The number of ether oxygens (including phenoxy) is 2. The zero-order valence-corrected chi connectivity index (χ0v) is 21.7. The number of anilines is 1. The van der Waals surface area contributed by atoms with Crippen molar-refractivity contribution >= 4 is 23.4 Å². The van der Waals surface area contributed by atoms with E-state index in [1.54, 1.807) is 4.90 Å². The van der Waals surface area contributed by atoms with Crippen LogP contribution in [-0.2, 0) is 23.9 Å². The van der Waals surface area contributed by atoms with Gasteiger partial charge >= 0.3 is 0 Å². The van der Waals surface area contributed by atoms with Crippen LogP contribution in [0.25, 0.3) is 0 Å². The van der Waals surface area contributed by atoms with E-state index in [-0.39, 0.29) is 29.9 Å². The molecule has 5 aliphatic rings. The average molecular weight is 508 g/mol. The van der Waals surface area contributed by atoms with Crippen LogP contribution >= 0.6 is 0 Å². The van der Waals surface area contributed by atoms with E-state index in [1.807, 2.05) is 44.2 Å². The predicted molar refractivity (Wildman–Crippen MR) is 138 cm³/mol. The highest BCUT2D eigenvalue weighted by Gasteiger charge is 2.73. The van der Waals surface area contributed by atoms with E-state index in [4.69, 9.17) is 9.47 Å². The van der Waals surface area contributed by atoms with E-state index in [0.29, 0.717) is 18.8 Å². The maximum absolute atomic E-state index is 14.0. The van der Waals surface area contributed by atoms with Gasteiger partial charge in [0.1, 0.15) is 11.6 Å². The normalized spacial score (nSPS) is 34.7. The summed E-state index contributed by atoms with van der Waals surface area (Å²) in [6, 6.07) is 5.09. The second-order valence-electron chi connectivity index (χ2n) is 11.5. The van der Waals surface area contributed by atoms with E-state index < -0.39 is 29.6 Å². The van der Waals surface area contributed by atoms with Gasteiger partial charge in [-0.3, -0.25) is 14.4 Å². The topological polar surface area (TPSA) is 97.0 Å². The fourth-order valence-corrected chi connectivity index (χ4v) is 7.04. The molecular weight excluding hydrogens is 470 g/mol. The van der Waals surface area contributed by atoms with Crippen molar-refractivity contribution in [1.82, 2.24) is 10.2 Å². The molecule has 0 radical (unpaired) electrons. The van der Waals surface area contributed by atoms with Crippen molar-refractivity contribution in [2.45, 2.75) is 88.7 Å². The first-order chi connectivity index (χ1) is 17.9. The van der Waals surface area contributed by atoms with Crippen molar-refractivity contribution in [3.8, 4) is 0 Å². The summed E-state index contributed by atoms with van der Waals surface area (Å²) in [7, 11) is 0. The van der Waals surface area contributed by atoms with Gasteiger partial charge in [0.2, 0.25) is 17.7 Å². The number of carbonyl (C=O) groups excluding carboxylic acids is 3. The number of rotatable bonds is 6. The Kier molecular flexibility index (Phi) is 6.35. The summed E-state index contributed by atoms with van der Waals surface area (Å²) in [5.41, 5.74) is 1.79. The van der Waals surface area contributed by atoms with E-state index in [9.17, 15) is 14.4 Å². The number of hydrogen-bond donors (Lipinski definition) is 2. The van der Waals surface area contributed by atoms with Crippen molar-refractivity contribution < 1.29 is 23.9 Å². The van der Waals surface area contributed by atoms with Gasteiger partial charge in [-0.2, -0.15) is 0 Å². The molecular formula is C29H37N3O5. The molecule has 2 N–H and O–H groups in total. The van der Waals surface area contributed by atoms with E-state index in [2.05, 4.69) is 10.6 Å². The van der Waals surface area contributed by atoms with Crippen molar-refractivity contribution in [3.05, 3.63) is 41.5 Å². The van der Waals surface area contributed by atoms with Crippen LogP contribution in [0, 0.1) is 25.7 Å². The maximum Gasteiger partial charge on any atom is 0.246 e. The maximum atomic E-state index is 14.0. The molecule has 1 spiro atoms. The molecule has 6 atom stereocenters. The van der Waals surface area contributed by atoms with Crippen molar-refractivity contribution in [2.24, 2.45) is 11.8 Å².